The van der Waals surface area contributed by atoms with E-state index in [9.17, 15) is 4.39 Å². The van der Waals surface area contributed by atoms with Crippen LogP contribution in [0, 0.1) is 12.7 Å². The van der Waals surface area contributed by atoms with Gasteiger partial charge in [0.1, 0.15) is 12.1 Å². The van der Waals surface area contributed by atoms with Gasteiger partial charge in [-0.3, -0.25) is 4.98 Å². The lowest BCUT2D eigenvalue weighted by molar-refractivity contribution is 0.574. The SMILES string of the molecule is [2H]c1coc(-c2cc(-c3ccc(F)cc3)ncc2C)n1. The van der Waals surface area contributed by atoms with Gasteiger partial charge in [-0.1, -0.05) is 0 Å². The van der Waals surface area contributed by atoms with E-state index < -0.39 is 0 Å². The number of aryl methyl sites for hydroxylation is 1. The Hall–Kier alpha value is -2.49. The third kappa shape index (κ3) is 2.25. The molecule has 0 amide bonds. The molecule has 3 aromatic rings. The molecule has 19 heavy (non-hydrogen) atoms. The fraction of sp³-hybridized carbons (Fsp3) is 0.0667. The van der Waals surface area contributed by atoms with Gasteiger partial charge in [-0.2, -0.15) is 0 Å². The molecular formula is C15H11FN2O. The first kappa shape index (κ1) is 10.4. The summed E-state index contributed by atoms with van der Waals surface area (Å²) in [6, 6.07) is 7.95. The Bertz CT molecular complexity index is 753. The molecule has 0 aliphatic carbocycles. The topological polar surface area (TPSA) is 38.9 Å². The van der Waals surface area contributed by atoms with Gasteiger partial charge in [0.05, 0.1) is 13.2 Å². The van der Waals surface area contributed by atoms with Crippen LogP contribution in [-0.2, 0) is 0 Å². The van der Waals surface area contributed by atoms with Crippen molar-refractivity contribution in [1.29, 1.82) is 0 Å². The van der Waals surface area contributed by atoms with Crippen LogP contribution in [0.5, 0.6) is 0 Å². The van der Waals surface area contributed by atoms with Crippen LogP contribution < -0.4 is 0 Å². The molecule has 0 aliphatic heterocycles. The lowest BCUT2D eigenvalue weighted by Gasteiger charge is -2.05. The van der Waals surface area contributed by atoms with Crippen molar-refractivity contribution >= 4 is 0 Å². The maximum absolute atomic E-state index is 12.9. The van der Waals surface area contributed by atoms with Gasteiger partial charge in [0, 0.05) is 17.3 Å². The second-order valence-corrected chi connectivity index (χ2v) is 4.17. The first-order chi connectivity index (χ1) is 9.63. The molecule has 3 rings (SSSR count). The van der Waals surface area contributed by atoms with Gasteiger partial charge in [0.15, 0.2) is 0 Å². The number of oxazole rings is 1. The van der Waals surface area contributed by atoms with Crippen molar-refractivity contribution in [2.24, 2.45) is 0 Å². The van der Waals surface area contributed by atoms with E-state index in [1.807, 2.05) is 13.0 Å². The van der Waals surface area contributed by atoms with Gasteiger partial charge in [-0.15, -0.1) is 0 Å². The summed E-state index contributed by atoms with van der Waals surface area (Å²) < 4.78 is 25.6. The maximum Gasteiger partial charge on any atom is 0.226 e. The summed E-state index contributed by atoms with van der Waals surface area (Å²) in [4.78, 5) is 8.34. The molecule has 0 unspecified atom stereocenters. The molecule has 0 N–H and O–H groups in total. The molecule has 94 valence electrons. The first-order valence-electron chi connectivity index (χ1n) is 6.28. The van der Waals surface area contributed by atoms with E-state index >= 15 is 0 Å². The summed E-state index contributed by atoms with van der Waals surface area (Å²) in [7, 11) is 0. The van der Waals surface area contributed by atoms with Crippen molar-refractivity contribution in [3.8, 4) is 22.7 Å². The highest BCUT2D eigenvalue weighted by atomic mass is 19.1. The minimum absolute atomic E-state index is 0.0829. The number of pyridine rings is 1. The molecule has 0 radical (unpaired) electrons. The van der Waals surface area contributed by atoms with E-state index in [4.69, 9.17) is 5.79 Å². The molecule has 1 aromatic carbocycles. The number of hydrogen-bond acceptors (Lipinski definition) is 3. The minimum Gasteiger partial charge on any atom is -0.445 e. The number of aromatic nitrogens is 2. The van der Waals surface area contributed by atoms with Crippen LogP contribution in [0.4, 0.5) is 4.39 Å². The van der Waals surface area contributed by atoms with Crippen LogP contribution in [0.15, 0.2) is 53.4 Å². The molecular weight excluding hydrogens is 243 g/mol. The Morgan fingerprint density at radius 3 is 2.68 bits per heavy atom. The monoisotopic (exact) mass is 255 g/mol. The van der Waals surface area contributed by atoms with E-state index in [0.717, 1.165) is 16.7 Å². The first-order valence-corrected chi connectivity index (χ1v) is 5.78. The lowest BCUT2D eigenvalue weighted by atomic mass is 10.1. The average Bonchev–Trinajstić information content (AvgIpc) is 2.87. The average molecular weight is 255 g/mol. The molecule has 2 heterocycles. The zero-order valence-corrected chi connectivity index (χ0v) is 10.2. The fourth-order valence-electron chi connectivity index (χ4n) is 1.85. The van der Waals surface area contributed by atoms with Crippen molar-refractivity contribution in [3.05, 3.63) is 60.3 Å². The zero-order valence-electron chi connectivity index (χ0n) is 11.2. The maximum atomic E-state index is 12.9. The second kappa shape index (κ2) is 4.65. The predicted octanol–water partition coefficient (Wildman–Crippen LogP) is 3.85. The minimum atomic E-state index is -0.285. The van der Waals surface area contributed by atoms with E-state index in [0.29, 0.717) is 11.6 Å². The highest BCUT2D eigenvalue weighted by molar-refractivity contribution is 5.68. The second-order valence-electron chi connectivity index (χ2n) is 4.17. The third-order valence-electron chi connectivity index (χ3n) is 2.86. The molecule has 2 aromatic heterocycles. The predicted molar refractivity (Wildman–Crippen MR) is 69.9 cm³/mol. The van der Waals surface area contributed by atoms with Crippen molar-refractivity contribution in [2.45, 2.75) is 6.92 Å². The van der Waals surface area contributed by atoms with Crippen LogP contribution in [0.2, 0.25) is 0 Å². The molecule has 3 nitrogen and oxygen atoms in total. The normalized spacial score (nSPS) is 11.4. The molecule has 0 saturated heterocycles. The Labute approximate surface area is 111 Å². The van der Waals surface area contributed by atoms with Crippen molar-refractivity contribution < 1.29 is 10.2 Å². The number of halogens is 1. The smallest absolute Gasteiger partial charge is 0.226 e. The number of nitrogens with zero attached hydrogens (tertiary/aromatic N) is 2. The van der Waals surface area contributed by atoms with Gasteiger partial charge in [-0.05, 0) is 42.8 Å². The summed E-state index contributed by atoms with van der Waals surface area (Å²) in [6.45, 7) is 1.89. The Balaban J connectivity index is 2.08. The van der Waals surface area contributed by atoms with Crippen LogP contribution in [0.1, 0.15) is 6.93 Å². The van der Waals surface area contributed by atoms with Crippen molar-refractivity contribution in [1.82, 2.24) is 9.97 Å². The molecule has 4 heteroatoms. The van der Waals surface area contributed by atoms with Crippen LogP contribution in [0.25, 0.3) is 22.7 Å². The van der Waals surface area contributed by atoms with E-state index in [1.165, 1.54) is 18.4 Å². The molecule has 0 spiro atoms. The number of hydrogen-bond donors (Lipinski definition) is 0. The van der Waals surface area contributed by atoms with Crippen molar-refractivity contribution in [3.63, 3.8) is 0 Å². The van der Waals surface area contributed by atoms with E-state index in [2.05, 4.69) is 9.97 Å². The van der Waals surface area contributed by atoms with Gasteiger partial charge in [0.25, 0.3) is 0 Å². The van der Waals surface area contributed by atoms with Gasteiger partial charge in [0.2, 0.25) is 5.89 Å². The molecule has 0 atom stereocenters. The largest absolute Gasteiger partial charge is 0.445 e. The van der Waals surface area contributed by atoms with Crippen LogP contribution >= 0.6 is 0 Å². The summed E-state index contributed by atoms with van der Waals surface area (Å²) in [5.74, 6) is 0.103. The van der Waals surface area contributed by atoms with Crippen LogP contribution in [0.3, 0.4) is 0 Å². The highest BCUT2D eigenvalue weighted by Crippen LogP contribution is 2.26. The highest BCUT2D eigenvalue weighted by Gasteiger charge is 2.09. The Morgan fingerprint density at radius 1 is 1.21 bits per heavy atom. The number of rotatable bonds is 2. The van der Waals surface area contributed by atoms with Gasteiger partial charge in [-0.25, -0.2) is 9.37 Å². The Kier molecular flexibility index (Phi) is 2.55. The molecule has 0 saturated carbocycles. The van der Waals surface area contributed by atoms with Crippen LogP contribution in [-0.4, -0.2) is 9.97 Å². The van der Waals surface area contributed by atoms with E-state index in [-0.39, 0.29) is 12.0 Å². The summed E-state index contributed by atoms with van der Waals surface area (Å²) >= 11 is 0. The van der Waals surface area contributed by atoms with E-state index in [1.54, 1.807) is 18.3 Å². The summed E-state index contributed by atoms with van der Waals surface area (Å²) in [5.41, 5.74) is 3.19. The van der Waals surface area contributed by atoms with Gasteiger partial charge >= 0.3 is 0 Å². The summed E-state index contributed by atoms with van der Waals surface area (Å²) in [6.07, 6.45) is 3.08. The standard InChI is InChI=1S/C15H11FN2O/c1-10-9-18-14(11-2-4-12(16)5-3-11)8-13(10)15-17-6-7-19-15/h2-9H,1H3/i6D. The van der Waals surface area contributed by atoms with Crippen molar-refractivity contribution in [2.75, 3.05) is 0 Å². The Morgan fingerprint density at radius 2 is 2.00 bits per heavy atom. The zero-order chi connectivity index (χ0) is 14.1. The third-order valence-corrected chi connectivity index (χ3v) is 2.86. The quantitative estimate of drug-likeness (QED) is 0.698. The molecule has 0 bridgehead atoms. The fourth-order valence-corrected chi connectivity index (χ4v) is 1.85. The summed E-state index contributed by atoms with van der Waals surface area (Å²) in [5, 5.41) is 0. The number of benzene rings is 1. The van der Waals surface area contributed by atoms with Gasteiger partial charge < -0.3 is 4.42 Å². The molecule has 0 aliphatic rings. The molecule has 0 fully saturated rings. The lowest BCUT2D eigenvalue weighted by Crippen LogP contribution is -1.90.